The van der Waals surface area contributed by atoms with Crippen LogP contribution in [0.25, 0.3) is 11.1 Å². The van der Waals surface area contributed by atoms with Gasteiger partial charge in [0.25, 0.3) is 0 Å². The van der Waals surface area contributed by atoms with Crippen LogP contribution in [0.3, 0.4) is 0 Å². The minimum absolute atomic E-state index is 0.0980. The van der Waals surface area contributed by atoms with Crippen LogP contribution in [0.4, 0.5) is 0 Å². The van der Waals surface area contributed by atoms with Gasteiger partial charge in [0.2, 0.25) is 0 Å². The Balaban J connectivity index is 2.14. The van der Waals surface area contributed by atoms with Gasteiger partial charge < -0.3 is 5.11 Å². The van der Waals surface area contributed by atoms with E-state index in [1.165, 1.54) is 16.7 Å². The second kappa shape index (κ2) is 6.18. The van der Waals surface area contributed by atoms with Gasteiger partial charge in [0.05, 0.1) is 6.61 Å². The highest BCUT2D eigenvalue weighted by atomic mass is 16.3. The van der Waals surface area contributed by atoms with E-state index in [1.807, 2.05) is 30.3 Å². The fourth-order valence-electron chi connectivity index (χ4n) is 1.94. The number of benzene rings is 2. The molecule has 2 aromatic carbocycles. The van der Waals surface area contributed by atoms with Crippen molar-refractivity contribution in [3.05, 3.63) is 72.3 Å². The first-order valence-electron chi connectivity index (χ1n) is 6.23. The molecule has 0 saturated carbocycles. The summed E-state index contributed by atoms with van der Waals surface area (Å²) in [5.74, 6) is 0. The van der Waals surface area contributed by atoms with E-state index in [1.54, 1.807) is 0 Å². The van der Waals surface area contributed by atoms with Crippen LogP contribution in [0, 0.1) is 0 Å². The predicted octanol–water partition coefficient (Wildman–Crippen LogP) is 3.96. The summed E-state index contributed by atoms with van der Waals surface area (Å²) in [6, 6.07) is 16.6. The molecule has 0 aliphatic carbocycles. The van der Waals surface area contributed by atoms with E-state index >= 15 is 0 Å². The average molecular weight is 238 g/mol. The predicted molar refractivity (Wildman–Crippen MR) is 76.3 cm³/mol. The molecule has 0 atom stereocenters. The summed E-state index contributed by atoms with van der Waals surface area (Å²) in [7, 11) is 0. The molecule has 1 N–H and O–H groups in total. The maximum atomic E-state index is 9.01. The van der Waals surface area contributed by atoms with Crippen LogP contribution < -0.4 is 0 Å². The van der Waals surface area contributed by atoms with Crippen molar-refractivity contribution < 1.29 is 5.11 Å². The monoisotopic (exact) mass is 238 g/mol. The molecule has 0 bridgehead atoms. The molecule has 2 aromatic rings. The highest BCUT2D eigenvalue weighted by Gasteiger charge is 1.98. The first-order chi connectivity index (χ1) is 8.83. The number of hydrogen-bond donors (Lipinski definition) is 1. The molecule has 0 aliphatic heterocycles. The minimum Gasteiger partial charge on any atom is -0.392 e. The number of rotatable bonds is 5. The van der Waals surface area contributed by atoms with E-state index in [9.17, 15) is 0 Å². The summed E-state index contributed by atoms with van der Waals surface area (Å²) in [4.78, 5) is 0. The van der Waals surface area contributed by atoms with Gasteiger partial charge in [0, 0.05) is 0 Å². The van der Waals surface area contributed by atoms with Crippen LogP contribution in [0.1, 0.15) is 17.5 Å². The Morgan fingerprint density at radius 1 is 0.833 bits per heavy atom. The van der Waals surface area contributed by atoms with Crippen molar-refractivity contribution in [1.82, 2.24) is 0 Å². The van der Waals surface area contributed by atoms with E-state index in [-0.39, 0.29) is 6.61 Å². The van der Waals surface area contributed by atoms with E-state index in [2.05, 4.69) is 30.8 Å². The van der Waals surface area contributed by atoms with Gasteiger partial charge in [-0.05, 0) is 35.1 Å². The number of aliphatic hydroxyl groups excluding tert-OH is 1. The van der Waals surface area contributed by atoms with Gasteiger partial charge in [-0.25, -0.2) is 0 Å². The molecule has 2 rings (SSSR count). The number of hydrogen-bond acceptors (Lipinski definition) is 1. The number of aryl methyl sites for hydroxylation is 1. The lowest BCUT2D eigenvalue weighted by Gasteiger charge is -2.05. The van der Waals surface area contributed by atoms with Crippen LogP contribution >= 0.6 is 0 Å². The molecule has 0 aliphatic rings. The van der Waals surface area contributed by atoms with Crippen molar-refractivity contribution in [3.63, 3.8) is 0 Å². The molecule has 0 heterocycles. The molecular formula is C17H18O. The fraction of sp³-hybridized carbons (Fsp3) is 0.176. The summed E-state index contributed by atoms with van der Waals surface area (Å²) < 4.78 is 0. The lowest BCUT2D eigenvalue weighted by Crippen LogP contribution is -1.85. The average Bonchev–Trinajstić information content (AvgIpc) is 2.46. The van der Waals surface area contributed by atoms with Crippen LogP contribution in [0.2, 0.25) is 0 Å². The molecule has 0 radical (unpaired) electrons. The Labute approximate surface area is 108 Å². The van der Waals surface area contributed by atoms with E-state index in [4.69, 9.17) is 5.11 Å². The Morgan fingerprint density at radius 2 is 1.33 bits per heavy atom. The third-order valence-electron chi connectivity index (χ3n) is 3.06. The van der Waals surface area contributed by atoms with E-state index in [0.29, 0.717) is 0 Å². The molecule has 0 fully saturated rings. The Morgan fingerprint density at radius 3 is 1.78 bits per heavy atom. The van der Waals surface area contributed by atoms with Gasteiger partial charge in [-0.2, -0.15) is 0 Å². The normalized spacial score (nSPS) is 10.3. The number of aliphatic hydroxyl groups is 1. The SMILES string of the molecule is C=CCCc1ccc(-c2ccc(CO)cc2)cc1. The quantitative estimate of drug-likeness (QED) is 0.782. The van der Waals surface area contributed by atoms with Crippen LogP contribution in [0.15, 0.2) is 61.2 Å². The molecule has 18 heavy (non-hydrogen) atoms. The summed E-state index contributed by atoms with van der Waals surface area (Å²) in [6.45, 7) is 3.83. The van der Waals surface area contributed by atoms with Crippen LogP contribution in [-0.2, 0) is 13.0 Å². The highest BCUT2D eigenvalue weighted by Crippen LogP contribution is 2.20. The largest absolute Gasteiger partial charge is 0.392 e. The summed E-state index contributed by atoms with van der Waals surface area (Å²) in [5, 5.41) is 9.01. The Kier molecular flexibility index (Phi) is 4.32. The molecule has 0 spiro atoms. The first-order valence-corrected chi connectivity index (χ1v) is 6.23. The van der Waals surface area contributed by atoms with Crippen molar-refractivity contribution in [1.29, 1.82) is 0 Å². The van der Waals surface area contributed by atoms with Crippen molar-refractivity contribution >= 4 is 0 Å². The summed E-state index contributed by atoms with van der Waals surface area (Å²) in [5.41, 5.74) is 4.68. The smallest absolute Gasteiger partial charge is 0.0681 e. The zero-order chi connectivity index (χ0) is 12.8. The van der Waals surface area contributed by atoms with Crippen molar-refractivity contribution in [3.8, 4) is 11.1 Å². The van der Waals surface area contributed by atoms with Gasteiger partial charge >= 0.3 is 0 Å². The Hall–Kier alpha value is -1.86. The van der Waals surface area contributed by atoms with Gasteiger partial charge in [-0.3, -0.25) is 0 Å². The van der Waals surface area contributed by atoms with E-state index < -0.39 is 0 Å². The molecule has 1 heteroatoms. The van der Waals surface area contributed by atoms with E-state index in [0.717, 1.165) is 18.4 Å². The lowest BCUT2D eigenvalue weighted by molar-refractivity contribution is 0.282. The summed E-state index contributed by atoms with van der Waals surface area (Å²) >= 11 is 0. The third kappa shape index (κ3) is 3.08. The van der Waals surface area contributed by atoms with Crippen molar-refractivity contribution in [2.45, 2.75) is 19.4 Å². The van der Waals surface area contributed by atoms with Crippen LogP contribution in [-0.4, -0.2) is 5.11 Å². The Bertz CT molecular complexity index is 494. The second-order valence-corrected chi connectivity index (χ2v) is 4.38. The molecule has 0 saturated heterocycles. The van der Waals surface area contributed by atoms with Gasteiger partial charge in [0.15, 0.2) is 0 Å². The topological polar surface area (TPSA) is 20.2 Å². The minimum atomic E-state index is 0.0980. The van der Waals surface area contributed by atoms with Crippen molar-refractivity contribution in [2.75, 3.05) is 0 Å². The zero-order valence-electron chi connectivity index (χ0n) is 10.5. The maximum absolute atomic E-state index is 9.01. The van der Waals surface area contributed by atoms with Gasteiger partial charge in [-0.15, -0.1) is 6.58 Å². The zero-order valence-corrected chi connectivity index (χ0v) is 10.5. The molecule has 0 amide bonds. The van der Waals surface area contributed by atoms with Gasteiger partial charge in [0.1, 0.15) is 0 Å². The first kappa shape index (κ1) is 12.6. The molecule has 1 nitrogen and oxygen atoms in total. The van der Waals surface area contributed by atoms with Crippen molar-refractivity contribution in [2.24, 2.45) is 0 Å². The maximum Gasteiger partial charge on any atom is 0.0681 e. The highest BCUT2D eigenvalue weighted by molar-refractivity contribution is 5.63. The standard InChI is InChI=1S/C17H18O/c1-2-3-4-14-5-9-16(10-6-14)17-11-7-15(13-18)8-12-17/h2,5-12,18H,1,3-4,13H2. The second-order valence-electron chi connectivity index (χ2n) is 4.38. The fourth-order valence-corrected chi connectivity index (χ4v) is 1.94. The third-order valence-corrected chi connectivity index (χ3v) is 3.06. The van der Waals surface area contributed by atoms with Gasteiger partial charge in [-0.1, -0.05) is 54.6 Å². The lowest BCUT2D eigenvalue weighted by atomic mass is 10.0. The molecular weight excluding hydrogens is 220 g/mol. The molecule has 0 aromatic heterocycles. The van der Waals surface area contributed by atoms with Crippen LogP contribution in [0.5, 0.6) is 0 Å². The molecule has 0 unspecified atom stereocenters. The molecule has 92 valence electrons. The summed E-state index contributed by atoms with van der Waals surface area (Å²) in [6.07, 6.45) is 4.01. The number of allylic oxidation sites excluding steroid dienone is 1.